The summed E-state index contributed by atoms with van der Waals surface area (Å²) in [4.78, 5) is 20.0. The fourth-order valence-electron chi connectivity index (χ4n) is 1.79. The Labute approximate surface area is 118 Å². The molecular formula is C15H17N3O2. The van der Waals surface area contributed by atoms with Crippen LogP contribution in [0.2, 0.25) is 0 Å². The van der Waals surface area contributed by atoms with Crippen molar-refractivity contribution in [2.24, 2.45) is 0 Å². The zero-order chi connectivity index (χ0) is 14.2. The van der Waals surface area contributed by atoms with Crippen molar-refractivity contribution in [1.29, 1.82) is 0 Å². The van der Waals surface area contributed by atoms with Gasteiger partial charge in [-0.1, -0.05) is 0 Å². The molecule has 0 amide bonds. The first-order valence-electron chi connectivity index (χ1n) is 6.56. The number of carbonyl (C=O) groups is 1. The molecule has 1 N–H and O–H groups in total. The Kier molecular flexibility index (Phi) is 5.06. The Morgan fingerprint density at radius 3 is 2.80 bits per heavy atom. The predicted molar refractivity (Wildman–Crippen MR) is 76.6 cm³/mol. The molecule has 2 rings (SSSR count). The van der Waals surface area contributed by atoms with E-state index >= 15 is 0 Å². The summed E-state index contributed by atoms with van der Waals surface area (Å²) >= 11 is 0. The van der Waals surface area contributed by atoms with E-state index in [2.05, 4.69) is 15.3 Å². The Hall–Kier alpha value is -2.43. The Morgan fingerprint density at radius 2 is 2.05 bits per heavy atom. The second kappa shape index (κ2) is 7.23. The number of anilines is 1. The van der Waals surface area contributed by atoms with E-state index in [1.165, 1.54) is 5.56 Å². The Balaban J connectivity index is 1.97. The average molecular weight is 271 g/mol. The number of aromatic nitrogens is 2. The third-order valence-electron chi connectivity index (χ3n) is 2.76. The van der Waals surface area contributed by atoms with Crippen molar-refractivity contribution in [2.75, 3.05) is 18.5 Å². The lowest BCUT2D eigenvalue weighted by molar-refractivity contribution is 0.0527. The van der Waals surface area contributed by atoms with Gasteiger partial charge >= 0.3 is 5.97 Å². The maximum absolute atomic E-state index is 11.8. The lowest BCUT2D eigenvalue weighted by Crippen LogP contribution is -2.13. The molecule has 0 aliphatic heterocycles. The number of rotatable bonds is 6. The monoisotopic (exact) mass is 271 g/mol. The molecule has 0 aliphatic carbocycles. The predicted octanol–water partition coefficient (Wildman–Crippen LogP) is 2.31. The normalized spacial score (nSPS) is 10.1. The van der Waals surface area contributed by atoms with Crippen LogP contribution in [0.5, 0.6) is 0 Å². The van der Waals surface area contributed by atoms with Crippen molar-refractivity contribution >= 4 is 11.8 Å². The van der Waals surface area contributed by atoms with Crippen LogP contribution in [-0.4, -0.2) is 29.1 Å². The molecule has 2 aromatic rings. The van der Waals surface area contributed by atoms with Crippen molar-refractivity contribution in [3.05, 3.63) is 54.0 Å². The van der Waals surface area contributed by atoms with Crippen LogP contribution >= 0.6 is 0 Å². The highest BCUT2D eigenvalue weighted by Crippen LogP contribution is 2.13. The van der Waals surface area contributed by atoms with Crippen LogP contribution < -0.4 is 5.32 Å². The number of hydrogen-bond acceptors (Lipinski definition) is 5. The standard InChI is InChI=1S/C15H17N3O2/c1-2-20-15(19)13-4-3-8-17-14(13)18-11-7-12-5-9-16-10-6-12/h3-6,8-10H,2,7,11H2,1H3,(H,17,18). The van der Waals surface area contributed by atoms with Gasteiger partial charge in [-0.05, 0) is 43.2 Å². The van der Waals surface area contributed by atoms with E-state index in [0.717, 1.165) is 6.42 Å². The van der Waals surface area contributed by atoms with Gasteiger partial charge in [0.1, 0.15) is 11.4 Å². The van der Waals surface area contributed by atoms with Gasteiger partial charge in [-0.15, -0.1) is 0 Å². The molecule has 0 aliphatic rings. The Bertz CT molecular complexity index is 558. The van der Waals surface area contributed by atoms with Crippen LogP contribution in [0.1, 0.15) is 22.8 Å². The zero-order valence-corrected chi connectivity index (χ0v) is 11.4. The van der Waals surface area contributed by atoms with E-state index in [9.17, 15) is 4.79 Å². The largest absolute Gasteiger partial charge is 0.462 e. The molecular weight excluding hydrogens is 254 g/mol. The summed E-state index contributed by atoms with van der Waals surface area (Å²) in [6.07, 6.45) is 6.01. The quantitative estimate of drug-likeness (QED) is 0.817. The summed E-state index contributed by atoms with van der Waals surface area (Å²) in [5.74, 6) is 0.201. The number of pyridine rings is 2. The molecule has 0 fully saturated rings. The summed E-state index contributed by atoms with van der Waals surface area (Å²) in [6, 6.07) is 7.36. The number of esters is 1. The van der Waals surface area contributed by atoms with Crippen LogP contribution in [0.4, 0.5) is 5.82 Å². The number of hydrogen-bond donors (Lipinski definition) is 1. The van der Waals surface area contributed by atoms with Crippen LogP contribution in [0.15, 0.2) is 42.9 Å². The summed E-state index contributed by atoms with van der Waals surface area (Å²) in [5.41, 5.74) is 1.64. The van der Waals surface area contributed by atoms with Gasteiger partial charge in [-0.2, -0.15) is 0 Å². The SMILES string of the molecule is CCOC(=O)c1cccnc1NCCc1ccncc1. The molecule has 2 heterocycles. The zero-order valence-electron chi connectivity index (χ0n) is 11.4. The van der Waals surface area contributed by atoms with Crippen LogP contribution in [0, 0.1) is 0 Å². The minimum atomic E-state index is -0.355. The first-order chi connectivity index (χ1) is 9.81. The Morgan fingerprint density at radius 1 is 1.25 bits per heavy atom. The molecule has 5 nitrogen and oxygen atoms in total. The minimum Gasteiger partial charge on any atom is -0.462 e. The van der Waals surface area contributed by atoms with Gasteiger partial charge in [0.2, 0.25) is 0 Å². The second-order valence-corrected chi connectivity index (χ2v) is 4.15. The number of ether oxygens (including phenoxy) is 1. The molecule has 5 heteroatoms. The minimum absolute atomic E-state index is 0.351. The lowest BCUT2D eigenvalue weighted by Gasteiger charge is -2.10. The first-order valence-corrected chi connectivity index (χ1v) is 6.56. The van der Waals surface area contributed by atoms with E-state index < -0.39 is 0 Å². The third kappa shape index (κ3) is 3.78. The number of carbonyl (C=O) groups excluding carboxylic acids is 1. The molecule has 2 aromatic heterocycles. The van der Waals surface area contributed by atoms with Gasteiger partial charge in [0.15, 0.2) is 0 Å². The van der Waals surface area contributed by atoms with Crippen LogP contribution in [-0.2, 0) is 11.2 Å². The molecule has 0 unspecified atom stereocenters. The van der Waals surface area contributed by atoms with E-state index in [1.807, 2.05) is 12.1 Å². The molecule has 0 bridgehead atoms. The second-order valence-electron chi connectivity index (χ2n) is 4.15. The topological polar surface area (TPSA) is 64.1 Å². The molecule has 0 radical (unpaired) electrons. The first kappa shape index (κ1) is 14.0. The van der Waals surface area contributed by atoms with Crippen LogP contribution in [0.3, 0.4) is 0 Å². The van der Waals surface area contributed by atoms with Crippen LogP contribution in [0.25, 0.3) is 0 Å². The van der Waals surface area contributed by atoms with Crippen molar-refractivity contribution in [2.45, 2.75) is 13.3 Å². The smallest absolute Gasteiger partial charge is 0.341 e. The number of nitrogens with zero attached hydrogens (tertiary/aromatic N) is 2. The lowest BCUT2D eigenvalue weighted by atomic mass is 10.2. The summed E-state index contributed by atoms with van der Waals surface area (Å²) in [6.45, 7) is 2.82. The molecule has 0 spiro atoms. The fourth-order valence-corrected chi connectivity index (χ4v) is 1.79. The fraction of sp³-hybridized carbons (Fsp3) is 0.267. The highest BCUT2D eigenvalue weighted by molar-refractivity contribution is 5.94. The molecule has 20 heavy (non-hydrogen) atoms. The maximum atomic E-state index is 11.8. The summed E-state index contributed by atoms with van der Waals surface area (Å²) < 4.78 is 5.01. The third-order valence-corrected chi connectivity index (χ3v) is 2.76. The van der Waals surface area contributed by atoms with Gasteiger partial charge in [-0.3, -0.25) is 4.98 Å². The van der Waals surface area contributed by atoms with Gasteiger partial charge in [0.25, 0.3) is 0 Å². The van der Waals surface area contributed by atoms with Gasteiger partial charge in [-0.25, -0.2) is 9.78 Å². The van der Waals surface area contributed by atoms with Crippen molar-refractivity contribution in [3.8, 4) is 0 Å². The van der Waals surface area contributed by atoms with Crippen molar-refractivity contribution in [1.82, 2.24) is 9.97 Å². The summed E-state index contributed by atoms with van der Waals surface area (Å²) in [5, 5.41) is 3.17. The summed E-state index contributed by atoms with van der Waals surface area (Å²) in [7, 11) is 0. The molecule has 104 valence electrons. The van der Waals surface area contributed by atoms with E-state index in [0.29, 0.717) is 24.5 Å². The molecule has 0 saturated carbocycles. The number of nitrogens with one attached hydrogen (secondary N) is 1. The molecule has 0 saturated heterocycles. The van der Waals surface area contributed by atoms with Gasteiger partial charge in [0, 0.05) is 25.1 Å². The maximum Gasteiger partial charge on any atom is 0.341 e. The van der Waals surface area contributed by atoms with E-state index in [1.54, 1.807) is 37.6 Å². The van der Waals surface area contributed by atoms with Gasteiger partial charge in [0.05, 0.1) is 6.61 Å². The van der Waals surface area contributed by atoms with Gasteiger partial charge < -0.3 is 10.1 Å². The highest BCUT2D eigenvalue weighted by atomic mass is 16.5. The van der Waals surface area contributed by atoms with E-state index in [-0.39, 0.29) is 5.97 Å². The van der Waals surface area contributed by atoms with Crippen molar-refractivity contribution < 1.29 is 9.53 Å². The molecule has 0 aromatic carbocycles. The van der Waals surface area contributed by atoms with E-state index in [4.69, 9.17) is 4.74 Å². The average Bonchev–Trinajstić information content (AvgIpc) is 2.49. The molecule has 0 atom stereocenters. The highest BCUT2D eigenvalue weighted by Gasteiger charge is 2.12. The van der Waals surface area contributed by atoms with Crippen molar-refractivity contribution in [3.63, 3.8) is 0 Å².